The highest BCUT2D eigenvalue weighted by atomic mass is 16.5. The van der Waals surface area contributed by atoms with Gasteiger partial charge >= 0.3 is 0 Å². The van der Waals surface area contributed by atoms with E-state index in [4.69, 9.17) is 9.26 Å². The minimum absolute atomic E-state index is 0.0143. The molecule has 1 aliphatic carbocycles. The van der Waals surface area contributed by atoms with E-state index in [1.807, 2.05) is 30.3 Å². The Bertz CT molecular complexity index is 960. The highest BCUT2D eigenvalue weighted by Gasteiger charge is 2.26. The Kier molecular flexibility index (Phi) is 4.67. The van der Waals surface area contributed by atoms with Crippen molar-refractivity contribution in [3.63, 3.8) is 0 Å². The maximum absolute atomic E-state index is 13.1. The normalized spacial score (nSPS) is 15.9. The number of hydrogen-bond donors (Lipinski definition) is 1. The summed E-state index contributed by atoms with van der Waals surface area (Å²) in [7, 11) is 1.62. The van der Waals surface area contributed by atoms with E-state index in [0.29, 0.717) is 17.0 Å². The number of amides is 1. The predicted molar refractivity (Wildman–Crippen MR) is 103 cm³/mol. The highest BCUT2D eigenvalue weighted by Crippen LogP contribution is 2.32. The number of aromatic nitrogens is 1. The average Bonchev–Trinajstić information content (AvgIpc) is 3.10. The van der Waals surface area contributed by atoms with Gasteiger partial charge in [-0.15, -0.1) is 0 Å². The Labute approximate surface area is 158 Å². The van der Waals surface area contributed by atoms with Crippen LogP contribution in [0.3, 0.4) is 0 Å². The molecule has 1 atom stereocenters. The van der Waals surface area contributed by atoms with Crippen molar-refractivity contribution in [1.29, 1.82) is 0 Å². The van der Waals surface area contributed by atoms with Crippen molar-refractivity contribution >= 4 is 5.91 Å². The van der Waals surface area contributed by atoms with Gasteiger partial charge in [0, 0.05) is 5.56 Å². The van der Waals surface area contributed by atoms with Gasteiger partial charge in [0.05, 0.1) is 18.8 Å². The molecule has 5 nitrogen and oxygen atoms in total. The molecule has 2 aromatic carbocycles. The van der Waals surface area contributed by atoms with E-state index in [2.05, 4.69) is 28.7 Å². The number of aryl methyl sites for hydroxylation is 2. The molecule has 5 heteroatoms. The Hall–Kier alpha value is -3.08. The zero-order valence-corrected chi connectivity index (χ0v) is 15.5. The number of ether oxygens (including phenoxy) is 1. The van der Waals surface area contributed by atoms with Crippen molar-refractivity contribution in [2.45, 2.75) is 32.2 Å². The van der Waals surface area contributed by atoms with Gasteiger partial charge in [0.25, 0.3) is 5.91 Å². The van der Waals surface area contributed by atoms with E-state index in [-0.39, 0.29) is 11.9 Å². The molecule has 0 spiro atoms. The second-order valence-electron chi connectivity index (χ2n) is 6.82. The van der Waals surface area contributed by atoms with Crippen LogP contribution in [0.4, 0.5) is 0 Å². The number of carbonyl (C=O) groups is 1. The van der Waals surface area contributed by atoms with Gasteiger partial charge in [-0.3, -0.25) is 4.79 Å². The number of fused-ring (bicyclic) bond motifs is 1. The first-order valence-electron chi connectivity index (χ1n) is 9.16. The van der Waals surface area contributed by atoms with Crippen molar-refractivity contribution in [2.24, 2.45) is 0 Å². The molecule has 27 heavy (non-hydrogen) atoms. The van der Waals surface area contributed by atoms with Gasteiger partial charge < -0.3 is 14.6 Å². The van der Waals surface area contributed by atoms with Gasteiger partial charge in [-0.2, -0.15) is 0 Å². The van der Waals surface area contributed by atoms with Crippen LogP contribution in [0.15, 0.2) is 53.1 Å². The first-order valence-corrected chi connectivity index (χ1v) is 9.16. The summed E-state index contributed by atoms with van der Waals surface area (Å²) in [6.07, 6.45) is 3.06. The third kappa shape index (κ3) is 3.33. The molecular formula is C22H22N2O3. The van der Waals surface area contributed by atoms with Crippen molar-refractivity contribution in [3.05, 3.63) is 70.9 Å². The fraction of sp³-hybridized carbons (Fsp3) is 0.273. The maximum atomic E-state index is 13.1. The van der Waals surface area contributed by atoms with Crippen LogP contribution in [-0.4, -0.2) is 18.2 Å². The smallest absolute Gasteiger partial charge is 0.257 e. The summed E-state index contributed by atoms with van der Waals surface area (Å²) in [6, 6.07) is 15.7. The fourth-order valence-corrected chi connectivity index (χ4v) is 3.71. The minimum Gasteiger partial charge on any atom is -0.497 e. The van der Waals surface area contributed by atoms with Crippen LogP contribution >= 0.6 is 0 Å². The van der Waals surface area contributed by atoms with E-state index < -0.39 is 0 Å². The van der Waals surface area contributed by atoms with Crippen molar-refractivity contribution in [3.8, 4) is 17.1 Å². The van der Waals surface area contributed by atoms with Crippen LogP contribution in [0.5, 0.6) is 5.75 Å². The summed E-state index contributed by atoms with van der Waals surface area (Å²) in [5, 5.41) is 7.21. The molecule has 1 amide bonds. The number of benzene rings is 2. The highest BCUT2D eigenvalue weighted by molar-refractivity contribution is 6.00. The molecule has 0 saturated heterocycles. The molecule has 1 aromatic heterocycles. The zero-order valence-electron chi connectivity index (χ0n) is 15.5. The quantitative estimate of drug-likeness (QED) is 0.744. The van der Waals surface area contributed by atoms with Crippen LogP contribution in [-0.2, 0) is 6.42 Å². The molecule has 3 aromatic rings. The molecule has 0 aliphatic heterocycles. The van der Waals surface area contributed by atoms with Crippen LogP contribution in [0.1, 0.15) is 46.1 Å². The summed E-state index contributed by atoms with van der Waals surface area (Å²) in [4.78, 5) is 13.1. The summed E-state index contributed by atoms with van der Waals surface area (Å²) >= 11 is 0. The third-order valence-corrected chi connectivity index (χ3v) is 5.12. The molecule has 0 saturated carbocycles. The first kappa shape index (κ1) is 17.3. The third-order valence-electron chi connectivity index (χ3n) is 5.12. The second-order valence-corrected chi connectivity index (χ2v) is 6.82. The van der Waals surface area contributed by atoms with E-state index in [9.17, 15) is 4.79 Å². The van der Waals surface area contributed by atoms with E-state index >= 15 is 0 Å². The Balaban J connectivity index is 1.62. The Morgan fingerprint density at radius 3 is 2.74 bits per heavy atom. The van der Waals surface area contributed by atoms with Crippen molar-refractivity contribution < 1.29 is 14.1 Å². The topological polar surface area (TPSA) is 64.4 Å². The molecule has 0 fully saturated rings. The largest absolute Gasteiger partial charge is 0.497 e. The van der Waals surface area contributed by atoms with Crippen LogP contribution < -0.4 is 10.1 Å². The summed E-state index contributed by atoms with van der Waals surface area (Å²) < 4.78 is 10.7. The summed E-state index contributed by atoms with van der Waals surface area (Å²) in [5.74, 6) is 1.08. The fourth-order valence-electron chi connectivity index (χ4n) is 3.71. The zero-order chi connectivity index (χ0) is 18.8. The van der Waals surface area contributed by atoms with E-state index in [0.717, 1.165) is 30.6 Å². The van der Waals surface area contributed by atoms with Crippen LogP contribution in [0.2, 0.25) is 0 Å². The number of rotatable bonds is 4. The van der Waals surface area contributed by atoms with Crippen LogP contribution in [0, 0.1) is 6.92 Å². The summed E-state index contributed by atoms with van der Waals surface area (Å²) in [5.41, 5.74) is 4.39. The van der Waals surface area contributed by atoms with Gasteiger partial charge in [-0.05, 0) is 61.6 Å². The summed E-state index contributed by atoms with van der Waals surface area (Å²) in [6.45, 7) is 1.79. The molecule has 1 heterocycles. The lowest BCUT2D eigenvalue weighted by atomic mass is 9.87. The molecule has 4 rings (SSSR count). The van der Waals surface area contributed by atoms with Gasteiger partial charge in [0.1, 0.15) is 11.3 Å². The lowest BCUT2D eigenvalue weighted by molar-refractivity contribution is 0.0932. The monoisotopic (exact) mass is 362 g/mol. The van der Waals surface area contributed by atoms with E-state index in [1.165, 1.54) is 11.1 Å². The molecule has 0 unspecified atom stereocenters. The Morgan fingerprint density at radius 1 is 1.19 bits per heavy atom. The molecule has 1 aliphatic rings. The standard InChI is InChI=1S/C22H22N2O3/c1-14-20(21(27-24-14)16-10-12-17(26-2)13-11-16)22(25)23-19-9-5-7-15-6-3-4-8-18(15)19/h3-4,6,8,10-13,19H,5,7,9H2,1-2H3,(H,23,25)/t19-/m0/s1. The first-order chi connectivity index (χ1) is 13.2. The van der Waals surface area contributed by atoms with Gasteiger partial charge in [-0.25, -0.2) is 0 Å². The molecule has 138 valence electrons. The number of carbonyl (C=O) groups excluding carboxylic acids is 1. The second kappa shape index (κ2) is 7.27. The molecule has 0 radical (unpaired) electrons. The lowest BCUT2D eigenvalue weighted by Crippen LogP contribution is -2.31. The van der Waals surface area contributed by atoms with E-state index in [1.54, 1.807) is 14.0 Å². The number of nitrogens with one attached hydrogen (secondary N) is 1. The Morgan fingerprint density at radius 2 is 1.96 bits per heavy atom. The SMILES string of the molecule is COc1ccc(-c2onc(C)c2C(=O)N[C@H]2CCCc3ccccc32)cc1. The number of nitrogens with zero attached hydrogens (tertiary/aromatic N) is 1. The van der Waals surface area contributed by atoms with Crippen molar-refractivity contribution in [1.82, 2.24) is 10.5 Å². The number of hydrogen-bond acceptors (Lipinski definition) is 4. The van der Waals surface area contributed by atoms with Gasteiger partial charge in [0.2, 0.25) is 0 Å². The molecular weight excluding hydrogens is 340 g/mol. The minimum atomic E-state index is -0.152. The average molecular weight is 362 g/mol. The van der Waals surface area contributed by atoms with Gasteiger partial charge in [-0.1, -0.05) is 29.4 Å². The van der Waals surface area contributed by atoms with Gasteiger partial charge in [0.15, 0.2) is 5.76 Å². The maximum Gasteiger partial charge on any atom is 0.257 e. The van der Waals surface area contributed by atoms with Crippen LogP contribution in [0.25, 0.3) is 11.3 Å². The van der Waals surface area contributed by atoms with Crippen molar-refractivity contribution in [2.75, 3.05) is 7.11 Å². The lowest BCUT2D eigenvalue weighted by Gasteiger charge is -2.26. The molecule has 1 N–H and O–H groups in total. The number of methoxy groups -OCH3 is 1. The predicted octanol–water partition coefficient (Wildman–Crippen LogP) is 4.47. The molecule has 0 bridgehead atoms.